The van der Waals surface area contributed by atoms with E-state index in [9.17, 15) is 4.79 Å². The number of nitrogens with zero attached hydrogens (tertiary/aromatic N) is 3. The number of piperazine rings is 1. The lowest BCUT2D eigenvalue weighted by Crippen LogP contribution is -2.47. The van der Waals surface area contributed by atoms with Gasteiger partial charge in [0, 0.05) is 44.1 Å². The third-order valence-electron chi connectivity index (χ3n) is 5.45. The van der Waals surface area contributed by atoms with Crippen molar-refractivity contribution in [3.63, 3.8) is 0 Å². The van der Waals surface area contributed by atoms with Crippen molar-refractivity contribution in [2.45, 2.75) is 18.9 Å². The molecule has 1 aliphatic heterocycles. The first-order chi connectivity index (χ1) is 14.7. The van der Waals surface area contributed by atoms with Crippen molar-refractivity contribution in [1.29, 1.82) is 0 Å². The lowest BCUT2D eigenvalue weighted by Gasteiger charge is -2.40. The van der Waals surface area contributed by atoms with E-state index in [-0.39, 0.29) is 5.91 Å². The molecule has 0 spiro atoms. The molecule has 0 aliphatic carbocycles. The molecule has 3 heterocycles. The molecule has 1 unspecified atom stereocenters. The minimum Gasteiger partial charge on any atom is -0.462 e. The van der Waals surface area contributed by atoms with E-state index in [1.54, 1.807) is 6.26 Å². The zero-order valence-corrected chi connectivity index (χ0v) is 18.1. The van der Waals surface area contributed by atoms with Gasteiger partial charge >= 0.3 is 0 Å². The van der Waals surface area contributed by atoms with Gasteiger partial charge in [0.15, 0.2) is 10.8 Å². The van der Waals surface area contributed by atoms with Crippen molar-refractivity contribution in [3.05, 3.63) is 65.4 Å². The summed E-state index contributed by atoms with van der Waals surface area (Å²) in [6.07, 6.45) is 2.87. The number of carbonyl (C=O) groups excluding carboxylic acids is 1. The molecule has 0 bridgehead atoms. The molecule has 1 amide bonds. The zero-order valence-electron chi connectivity index (χ0n) is 17.3. The van der Waals surface area contributed by atoms with E-state index in [0.29, 0.717) is 19.0 Å². The molecular weight excluding hydrogens is 396 g/mol. The van der Waals surface area contributed by atoms with Gasteiger partial charge in [0.2, 0.25) is 5.91 Å². The molecule has 4 rings (SSSR count). The SMILES string of the molecule is CN1CCN(CCCNC(=O)Cc2csc(-c3ccco3)n2)C(c2ccccc2)C1. The van der Waals surface area contributed by atoms with E-state index in [4.69, 9.17) is 4.42 Å². The number of furan rings is 1. The molecule has 1 fully saturated rings. The zero-order chi connectivity index (χ0) is 20.8. The van der Waals surface area contributed by atoms with Crippen LogP contribution in [0.15, 0.2) is 58.5 Å². The summed E-state index contributed by atoms with van der Waals surface area (Å²) in [5, 5.41) is 5.78. The Labute approximate surface area is 181 Å². The van der Waals surface area contributed by atoms with E-state index < -0.39 is 0 Å². The summed E-state index contributed by atoms with van der Waals surface area (Å²) in [7, 11) is 2.18. The third kappa shape index (κ3) is 5.36. The standard InChI is InChI=1S/C23H28N4O2S/c1-26-12-13-27(20(16-26)18-7-3-2-4-8-18)11-6-10-24-22(28)15-19-17-30-23(25-19)21-9-5-14-29-21/h2-5,7-9,14,17,20H,6,10-13,15-16H2,1H3,(H,24,28). The highest BCUT2D eigenvalue weighted by Crippen LogP contribution is 2.25. The Morgan fingerprint density at radius 3 is 2.90 bits per heavy atom. The average Bonchev–Trinajstić information content (AvgIpc) is 3.45. The van der Waals surface area contributed by atoms with Crippen molar-refractivity contribution in [1.82, 2.24) is 20.1 Å². The van der Waals surface area contributed by atoms with Gasteiger partial charge in [-0.1, -0.05) is 30.3 Å². The van der Waals surface area contributed by atoms with Crippen LogP contribution in [0.3, 0.4) is 0 Å². The number of amides is 1. The minimum atomic E-state index is 0.0179. The number of carbonyl (C=O) groups is 1. The summed E-state index contributed by atoms with van der Waals surface area (Å²) in [5.74, 6) is 0.760. The van der Waals surface area contributed by atoms with Crippen LogP contribution in [0.5, 0.6) is 0 Å². The van der Waals surface area contributed by atoms with E-state index in [1.165, 1.54) is 16.9 Å². The smallest absolute Gasteiger partial charge is 0.226 e. The maximum absolute atomic E-state index is 12.3. The van der Waals surface area contributed by atoms with Crippen LogP contribution in [0.1, 0.15) is 23.7 Å². The predicted octanol–water partition coefficient (Wildman–Crippen LogP) is 3.44. The summed E-state index contributed by atoms with van der Waals surface area (Å²) >= 11 is 1.50. The van der Waals surface area contributed by atoms with Crippen molar-refractivity contribution in [2.24, 2.45) is 0 Å². The molecule has 1 aromatic carbocycles. The molecular formula is C23H28N4O2S. The maximum Gasteiger partial charge on any atom is 0.226 e. The molecule has 0 saturated carbocycles. The lowest BCUT2D eigenvalue weighted by atomic mass is 10.0. The largest absolute Gasteiger partial charge is 0.462 e. The number of rotatable bonds is 8. The Morgan fingerprint density at radius 1 is 1.23 bits per heavy atom. The fourth-order valence-corrected chi connectivity index (χ4v) is 4.64. The van der Waals surface area contributed by atoms with Gasteiger partial charge in [0.1, 0.15) is 0 Å². The Balaban J connectivity index is 1.22. The van der Waals surface area contributed by atoms with Gasteiger partial charge in [-0.05, 0) is 31.2 Å². The van der Waals surface area contributed by atoms with Crippen molar-refractivity contribution < 1.29 is 9.21 Å². The molecule has 7 heteroatoms. The van der Waals surface area contributed by atoms with Gasteiger partial charge in [-0.15, -0.1) is 11.3 Å². The molecule has 0 radical (unpaired) electrons. The first-order valence-electron chi connectivity index (χ1n) is 10.4. The molecule has 1 aliphatic rings. The third-order valence-corrected chi connectivity index (χ3v) is 6.35. The molecule has 158 valence electrons. The summed E-state index contributed by atoms with van der Waals surface area (Å²) in [6.45, 7) is 4.84. The van der Waals surface area contributed by atoms with Gasteiger partial charge < -0.3 is 14.6 Å². The van der Waals surface area contributed by atoms with Crippen LogP contribution in [-0.4, -0.2) is 60.5 Å². The number of hydrogen-bond acceptors (Lipinski definition) is 6. The predicted molar refractivity (Wildman–Crippen MR) is 119 cm³/mol. The summed E-state index contributed by atoms with van der Waals surface area (Å²) in [6, 6.07) is 14.8. The van der Waals surface area contributed by atoms with Gasteiger partial charge in [-0.25, -0.2) is 4.98 Å². The number of nitrogens with one attached hydrogen (secondary N) is 1. The fourth-order valence-electron chi connectivity index (χ4n) is 3.85. The van der Waals surface area contributed by atoms with E-state index in [0.717, 1.165) is 49.1 Å². The quantitative estimate of drug-likeness (QED) is 0.562. The minimum absolute atomic E-state index is 0.0179. The molecule has 6 nitrogen and oxygen atoms in total. The van der Waals surface area contributed by atoms with Crippen LogP contribution in [0, 0.1) is 0 Å². The molecule has 1 saturated heterocycles. The van der Waals surface area contributed by atoms with Crippen LogP contribution < -0.4 is 5.32 Å². The van der Waals surface area contributed by atoms with Gasteiger partial charge in [-0.3, -0.25) is 9.69 Å². The summed E-state index contributed by atoms with van der Waals surface area (Å²) in [5.41, 5.74) is 2.15. The second-order valence-corrected chi connectivity index (χ2v) is 8.58. The second kappa shape index (κ2) is 10.0. The number of benzene rings is 1. The van der Waals surface area contributed by atoms with E-state index >= 15 is 0 Å². The normalized spacial score (nSPS) is 17.8. The van der Waals surface area contributed by atoms with Gasteiger partial charge in [0.25, 0.3) is 0 Å². The Kier molecular flexibility index (Phi) is 6.94. The number of likely N-dealkylation sites (N-methyl/N-ethyl adjacent to an activating group) is 1. The van der Waals surface area contributed by atoms with Crippen LogP contribution in [0.4, 0.5) is 0 Å². The number of aromatic nitrogens is 1. The molecule has 30 heavy (non-hydrogen) atoms. The van der Waals surface area contributed by atoms with Crippen molar-refractivity contribution >= 4 is 17.2 Å². The average molecular weight is 425 g/mol. The molecule has 1 atom stereocenters. The molecule has 1 N–H and O–H groups in total. The molecule has 2 aromatic heterocycles. The fraction of sp³-hybridized carbons (Fsp3) is 0.391. The van der Waals surface area contributed by atoms with Gasteiger partial charge in [-0.2, -0.15) is 0 Å². The van der Waals surface area contributed by atoms with Crippen LogP contribution in [-0.2, 0) is 11.2 Å². The highest BCUT2D eigenvalue weighted by Gasteiger charge is 2.25. The lowest BCUT2D eigenvalue weighted by molar-refractivity contribution is -0.120. The van der Waals surface area contributed by atoms with E-state index in [1.807, 2.05) is 17.5 Å². The Hall–Kier alpha value is -2.48. The number of thiazole rings is 1. The highest BCUT2D eigenvalue weighted by molar-refractivity contribution is 7.13. The summed E-state index contributed by atoms with van der Waals surface area (Å²) in [4.78, 5) is 21.7. The van der Waals surface area contributed by atoms with Crippen molar-refractivity contribution in [3.8, 4) is 10.8 Å². The van der Waals surface area contributed by atoms with Gasteiger partial charge in [0.05, 0.1) is 18.4 Å². The first-order valence-corrected chi connectivity index (χ1v) is 11.3. The summed E-state index contributed by atoms with van der Waals surface area (Å²) < 4.78 is 5.36. The van der Waals surface area contributed by atoms with Crippen molar-refractivity contribution in [2.75, 3.05) is 39.8 Å². The Bertz CT molecular complexity index is 926. The second-order valence-electron chi connectivity index (χ2n) is 7.73. The molecule has 3 aromatic rings. The Morgan fingerprint density at radius 2 is 2.10 bits per heavy atom. The van der Waals surface area contributed by atoms with Crippen LogP contribution >= 0.6 is 11.3 Å². The number of hydrogen-bond donors (Lipinski definition) is 1. The van der Waals surface area contributed by atoms with E-state index in [2.05, 4.69) is 57.5 Å². The van der Waals surface area contributed by atoms with Crippen LogP contribution in [0.2, 0.25) is 0 Å². The maximum atomic E-state index is 12.3. The van der Waals surface area contributed by atoms with Crippen LogP contribution in [0.25, 0.3) is 10.8 Å². The first kappa shape index (κ1) is 20.8. The topological polar surface area (TPSA) is 61.6 Å². The monoisotopic (exact) mass is 424 g/mol. The highest BCUT2D eigenvalue weighted by atomic mass is 32.1.